The Balaban J connectivity index is 1.41. The van der Waals surface area contributed by atoms with Crippen LogP contribution in [0.4, 0.5) is 5.69 Å². The predicted octanol–water partition coefficient (Wildman–Crippen LogP) is 3.09. The molecule has 2 atom stereocenters. The maximum atomic E-state index is 12.4. The number of halogens is 1. The van der Waals surface area contributed by atoms with Crippen molar-refractivity contribution in [3.8, 4) is 0 Å². The van der Waals surface area contributed by atoms with Crippen molar-refractivity contribution in [3.63, 3.8) is 0 Å². The first-order chi connectivity index (χ1) is 14.4. The molecule has 0 saturated carbocycles. The lowest BCUT2D eigenvalue weighted by Crippen LogP contribution is -2.40. The Bertz CT molecular complexity index is 1060. The molecule has 2 heterocycles. The largest absolute Gasteiger partial charge is 0.345 e. The van der Waals surface area contributed by atoms with Gasteiger partial charge in [-0.3, -0.25) is 9.79 Å². The van der Waals surface area contributed by atoms with Gasteiger partial charge in [-0.1, -0.05) is 59.8 Å². The van der Waals surface area contributed by atoms with Crippen molar-refractivity contribution >= 4 is 50.0 Å². The molecule has 2 aliphatic rings. The summed E-state index contributed by atoms with van der Waals surface area (Å²) >= 11 is 7.31. The number of hydrogen-bond acceptors (Lipinski definition) is 6. The van der Waals surface area contributed by atoms with E-state index < -0.39 is 9.84 Å². The van der Waals surface area contributed by atoms with Gasteiger partial charge in [0, 0.05) is 17.3 Å². The first-order valence-electron chi connectivity index (χ1n) is 9.67. The third kappa shape index (κ3) is 5.17. The summed E-state index contributed by atoms with van der Waals surface area (Å²) in [6.07, 6.45) is 0.790. The van der Waals surface area contributed by atoms with E-state index in [0.29, 0.717) is 17.3 Å². The van der Waals surface area contributed by atoms with Crippen LogP contribution in [0.15, 0.2) is 59.6 Å². The van der Waals surface area contributed by atoms with E-state index in [9.17, 15) is 13.2 Å². The van der Waals surface area contributed by atoms with Crippen molar-refractivity contribution in [1.82, 2.24) is 4.90 Å². The molecule has 2 aliphatic heterocycles. The molecule has 2 aromatic rings. The maximum absolute atomic E-state index is 12.4. The van der Waals surface area contributed by atoms with Crippen LogP contribution in [0.25, 0.3) is 0 Å². The van der Waals surface area contributed by atoms with E-state index in [-0.39, 0.29) is 35.2 Å². The number of benzene rings is 2. The standard InChI is InChI=1S/C21H22ClN3O3S2/c22-16-7-4-8-17(11-16)23-20(26)12-29-21-24-18-13-30(27,28)14-19(18)25(21)10-9-15-5-2-1-3-6-15/h1-8,11,18-19H,9-10,12-14H2,(H,23,26)/t18-,19-/m1/s1. The monoisotopic (exact) mass is 463 g/mol. The third-order valence-corrected chi connectivity index (χ3v) is 8.08. The number of rotatable bonds is 6. The average Bonchev–Trinajstić information content (AvgIpc) is 3.17. The van der Waals surface area contributed by atoms with Crippen LogP contribution in [0.1, 0.15) is 5.56 Å². The van der Waals surface area contributed by atoms with E-state index in [1.165, 1.54) is 17.3 Å². The third-order valence-electron chi connectivity index (χ3n) is 5.14. The Hall–Kier alpha value is -2.03. The van der Waals surface area contributed by atoms with Crippen molar-refractivity contribution in [2.45, 2.75) is 18.5 Å². The molecule has 1 fully saturated rings. The smallest absolute Gasteiger partial charge is 0.234 e. The summed E-state index contributed by atoms with van der Waals surface area (Å²) in [6, 6.07) is 16.7. The van der Waals surface area contributed by atoms with Crippen LogP contribution in [0.5, 0.6) is 0 Å². The molecule has 0 unspecified atom stereocenters. The van der Waals surface area contributed by atoms with Gasteiger partial charge in [0.1, 0.15) is 0 Å². The number of nitrogens with zero attached hydrogens (tertiary/aromatic N) is 2. The second kappa shape index (κ2) is 8.99. The second-order valence-electron chi connectivity index (χ2n) is 7.40. The van der Waals surface area contributed by atoms with E-state index in [4.69, 9.17) is 11.6 Å². The molecule has 1 saturated heterocycles. The molecular weight excluding hydrogens is 442 g/mol. The van der Waals surface area contributed by atoms with E-state index in [1.54, 1.807) is 24.3 Å². The number of aliphatic imine (C=N–C) groups is 1. The minimum absolute atomic E-state index is 0.0816. The fraction of sp³-hybridized carbons (Fsp3) is 0.333. The average molecular weight is 464 g/mol. The summed E-state index contributed by atoms with van der Waals surface area (Å²) in [6.45, 7) is 0.669. The number of thioether (sulfide) groups is 1. The minimum Gasteiger partial charge on any atom is -0.345 e. The van der Waals surface area contributed by atoms with Gasteiger partial charge in [-0.05, 0) is 30.2 Å². The van der Waals surface area contributed by atoms with Crippen molar-refractivity contribution in [2.75, 3.05) is 29.1 Å². The molecule has 6 nitrogen and oxygen atoms in total. The molecular formula is C21H22ClN3O3S2. The highest BCUT2D eigenvalue weighted by Gasteiger charge is 2.46. The van der Waals surface area contributed by atoms with Crippen LogP contribution in [-0.4, -0.2) is 60.3 Å². The topological polar surface area (TPSA) is 78.8 Å². The van der Waals surface area contributed by atoms with Crippen LogP contribution in [0, 0.1) is 0 Å². The summed E-state index contributed by atoms with van der Waals surface area (Å²) in [4.78, 5) is 19.1. The van der Waals surface area contributed by atoms with E-state index >= 15 is 0 Å². The SMILES string of the molecule is O=C(CSC1=N[C@@H]2CS(=O)(=O)C[C@H]2N1CCc1ccccc1)Nc1cccc(Cl)c1. The predicted molar refractivity (Wildman–Crippen MR) is 123 cm³/mol. The number of carbonyl (C=O) groups is 1. The van der Waals surface area contributed by atoms with Gasteiger partial charge in [0.25, 0.3) is 0 Å². The molecule has 1 amide bonds. The maximum Gasteiger partial charge on any atom is 0.234 e. The van der Waals surface area contributed by atoms with Gasteiger partial charge in [0.2, 0.25) is 5.91 Å². The Morgan fingerprint density at radius 3 is 2.73 bits per heavy atom. The van der Waals surface area contributed by atoms with Crippen LogP contribution < -0.4 is 5.32 Å². The molecule has 0 spiro atoms. The van der Waals surface area contributed by atoms with E-state index in [1.807, 2.05) is 18.2 Å². The van der Waals surface area contributed by atoms with Gasteiger partial charge >= 0.3 is 0 Å². The van der Waals surface area contributed by atoms with Gasteiger partial charge in [0.05, 0.1) is 29.3 Å². The Kier molecular flexibility index (Phi) is 6.36. The summed E-state index contributed by atoms with van der Waals surface area (Å²) in [7, 11) is -3.07. The van der Waals surface area contributed by atoms with Gasteiger partial charge < -0.3 is 10.2 Å². The van der Waals surface area contributed by atoms with Crippen molar-refractivity contribution in [1.29, 1.82) is 0 Å². The van der Waals surface area contributed by atoms with Gasteiger partial charge in [-0.15, -0.1) is 0 Å². The quantitative estimate of drug-likeness (QED) is 0.712. The first kappa shape index (κ1) is 21.2. The number of hydrogen-bond donors (Lipinski definition) is 1. The number of carbonyl (C=O) groups excluding carboxylic acids is 1. The van der Waals surface area contributed by atoms with Crippen molar-refractivity contribution < 1.29 is 13.2 Å². The lowest BCUT2D eigenvalue weighted by atomic mass is 10.1. The summed E-state index contributed by atoms with van der Waals surface area (Å²) < 4.78 is 24.2. The molecule has 0 bridgehead atoms. The highest BCUT2D eigenvalue weighted by atomic mass is 35.5. The fourth-order valence-corrected chi connectivity index (χ4v) is 6.76. The fourth-order valence-electron chi connectivity index (χ4n) is 3.76. The minimum atomic E-state index is -3.07. The van der Waals surface area contributed by atoms with Gasteiger partial charge in [-0.25, -0.2) is 8.42 Å². The van der Waals surface area contributed by atoms with Gasteiger partial charge in [-0.2, -0.15) is 0 Å². The Morgan fingerprint density at radius 1 is 1.17 bits per heavy atom. The van der Waals surface area contributed by atoms with Crippen LogP contribution in [-0.2, 0) is 21.1 Å². The van der Waals surface area contributed by atoms with Gasteiger partial charge in [0.15, 0.2) is 15.0 Å². The van der Waals surface area contributed by atoms with Crippen LogP contribution >= 0.6 is 23.4 Å². The number of anilines is 1. The normalized spacial score (nSPS) is 21.9. The highest BCUT2D eigenvalue weighted by Crippen LogP contribution is 2.31. The highest BCUT2D eigenvalue weighted by molar-refractivity contribution is 8.14. The molecule has 30 heavy (non-hydrogen) atoms. The number of amides is 1. The van der Waals surface area contributed by atoms with E-state index in [0.717, 1.165) is 11.6 Å². The second-order valence-corrected chi connectivity index (χ2v) is 10.9. The molecule has 9 heteroatoms. The number of sulfone groups is 1. The first-order valence-corrected chi connectivity index (χ1v) is 12.9. The zero-order valence-electron chi connectivity index (χ0n) is 16.2. The number of nitrogens with one attached hydrogen (secondary N) is 1. The Labute approximate surface area is 185 Å². The lowest BCUT2D eigenvalue weighted by molar-refractivity contribution is -0.113. The van der Waals surface area contributed by atoms with Crippen molar-refractivity contribution in [2.24, 2.45) is 4.99 Å². The Morgan fingerprint density at radius 2 is 1.97 bits per heavy atom. The van der Waals surface area contributed by atoms with Crippen LogP contribution in [0.2, 0.25) is 5.02 Å². The van der Waals surface area contributed by atoms with Crippen LogP contribution in [0.3, 0.4) is 0 Å². The summed E-state index contributed by atoms with van der Waals surface area (Å²) in [5.74, 6) is 0.240. The molecule has 2 aromatic carbocycles. The molecule has 4 rings (SSSR count). The zero-order valence-corrected chi connectivity index (χ0v) is 18.6. The summed E-state index contributed by atoms with van der Waals surface area (Å²) in [5.41, 5.74) is 1.83. The molecule has 0 aromatic heterocycles. The van der Waals surface area contributed by atoms with E-state index in [2.05, 4.69) is 27.3 Å². The van der Waals surface area contributed by atoms with Crippen molar-refractivity contribution in [3.05, 3.63) is 65.2 Å². The number of fused-ring (bicyclic) bond motifs is 1. The lowest BCUT2D eigenvalue weighted by Gasteiger charge is -2.26. The summed E-state index contributed by atoms with van der Waals surface area (Å²) in [5, 5.41) is 4.13. The zero-order chi connectivity index (χ0) is 21.1. The molecule has 0 radical (unpaired) electrons. The molecule has 158 valence electrons. The molecule has 0 aliphatic carbocycles. The molecule has 1 N–H and O–H groups in total. The number of amidine groups is 1.